The van der Waals surface area contributed by atoms with E-state index in [2.05, 4.69) is 4.98 Å². The van der Waals surface area contributed by atoms with Crippen molar-refractivity contribution in [2.45, 2.75) is 33.1 Å². The van der Waals surface area contributed by atoms with Crippen LogP contribution in [0.3, 0.4) is 0 Å². The SMILES string of the molecule is Cc1cc(COc2ccc(N3CC[C@H]([C@@H](C)C(=O)NO)C3=O)cc2)c2ccccc2n1.O=C(O)C(F)(F)F. The van der Waals surface area contributed by atoms with Crippen LogP contribution in [0.15, 0.2) is 54.6 Å². The van der Waals surface area contributed by atoms with E-state index in [1.807, 2.05) is 61.5 Å². The molecule has 3 N–H and O–H groups in total. The molecule has 2 heterocycles. The van der Waals surface area contributed by atoms with Gasteiger partial charge >= 0.3 is 12.1 Å². The molecular formula is C26H26F3N3O6. The number of carbonyl (C=O) groups is 3. The van der Waals surface area contributed by atoms with Gasteiger partial charge in [0, 0.05) is 34.8 Å². The molecule has 0 spiro atoms. The summed E-state index contributed by atoms with van der Waals surface area (Å²) < 4.78 is 37.7. The lowest BCUT2D eigenvalue weighted by Gasteiger charge is -2.19. The lowest BCUT2D eigenvalue weighted by molar-refractivity contribution is -0.192. The van der Waals surface area contributed by atoms with Crippen molar-refractivity contribution < 1.29 is 42.6 Å². The summed E-state index contributed by atoms with van der Waals surface area (Å²) in [6.45, 7) is 4.58. The summed E-state index contributed by atoms with van der Waals surface area (Å²) in [5, 5.41) is 17.0. The average Bonchev–Trinajstić information content (AvgIpc) is 3.27. The van der Waals surface area contributed by atoms with E-state index in [1.54, 1.807) is 17.3 Å². The van der Waals surface area contributed by atoms with Gasteiger partial charge in [-0.3, -0.25) is 19.8 Å². The summed E-state index contributed by atoms with van der Waals surface area (Å²) in [5.41, 5.74) is 5.36. The first kappa shape index (κ1) is 28.4. The van der Waals surface area contributed by atoms with Gasteiger partial charge in [-0.25, -0.2) is 10.3 Å². The number of carboxylic acids is 1. The van der Waals surface area contributed by atoms with Crippen LogP contribution in [-0.4, -0.2) is 45.8 Å². The van der Waals surface area contributed by atoms with Gasteiger partial charge in [0.05, 0.1) is 11.4 Å². The predicted octanol–water partition coefficient (Wildman–Crippen LogP) is 4.25. The molecule has 2 aromatic carbocycles. The van der Waals surface area contributed by atoms with Crippen molar-refractivity contribution in [2.75, 3.05) is 11.4 Å². The van der Waals surface area contributed by atoms with Crippen LogP contribution in [0.2, 0.25) is 0 Å². The smallest absolute Gasteiger partial charge is 0.489 e. The summed E-state index contributed by atoms with van der Waals surface area (Å²) in [5.74, 6) is -3.72. The molecule has 2 atom stereocenters. The Labute approximate surface area is 215 Å². The van der Waals surface area contributed by atoms with Crippen LogP contribution in [0.1, 0.15) is 24.6 Å². The molecule has 0 radical (unpaired) electrons. The summed E-state index contributed by atoms with van der Waals surface area (Å²) in [6, 6.07) is 17.4. The Morgan fingerprint density at radius 1 is 1.18 bits per heavy atom. The number of pyridine rings is 1. The molecule has 0 saturated carbocycles. The number of aromatic nitrogens is 1. The Bertz CT molecular complexity index is 1310. The average molecular weight is 534 g/mol. The molecule has 1 aliphatic rings. The molecule has 1 fully saturated rings. The van der Waals surface area contributed by atoms with E-state index in [-0.39, 0.29) is 5.91 Å². The van der Waals surface area contributed by atoms with Crippen molar-refractivity contribution >= 4 is 34.4 Å². The van der Waals surface area contributed by atoms with Crippen LogP contribution < -0.4 is 15.1 Å². The van der Waals surface area contributed by atoms with Crippen LogP contribution in [0.5, 0.6) is 5.75 Å². The van der Waals surface area contributed by atoms with Crippen LogP contribution in [0.4, 0.5) is 18.9 Å². The second-order valence-electron chi connectivity index (χ2n) is 8.68. The zero-order chi connectivity index (χ0) is 28.0. The van der Waals surface area contributed by atoms with Gasteiger partial charge in [-0.2, -0.15) is 13.2 Å². The zero-order valence-electron chi connectivity index (χ0n) is 20.5. The molecule has 1 aliphatic heterocycles. The van der Waals surface area contributed by atoms with Crippen LogP contribution in [0.25, 0.3) is 10.9 Å². The second-order valence-corrected chi connectivity index (χ2v) is 8.68. The minimum Gasteiger partial charge on any atom is -0.489 e. The number of halogens is 3. The number of ether oxygens (including phenoxy) is 1. The number of hydrogen-bond acceptors (Lipinski definition) is 6. The van der Waals surface area contributed by atoms with E-state index >= 15 is 0 Å². The quantitative estimate of drug-likeness (QED) is 0.319. The molecule has 202 valence electrons. The van der Waals surface area contributed by atoms with Crippen LogP contribution in [-0.2, 0) is 21.0 Å². The number of hydrogen-bond donors (Lipinski definition) is 3. The van der Waals surface area contributed by atoms with E-state index in [0.717, 1.165) is 27.8 Å². The fourth-order valence-electron chi connectivity index (χ4n) is 4.10. The van der Waals surface area contributed by atoms with Gasteiger partial charge in [-0.1, -0.05) is 25.1 Å². The molecule has 3 aromatic rings. The highest BCUT2D eigenvalue weighted by Crippen LogP contribution is 2.31. The van der Waals surface area contributed by atoms with Crippen molar-refractivity contribution in [2.24, 2.45) is 11.8 Å². The molecular weight excluding hydrogens is 507 g/mol. The predicted molar refractivity (Wildman–Crippen MR) is 130 cm³/mol. The molecule has 0 bridgehead atoms. The number of nitrogens with one attached hydrogen (secondary N) is 1. The Hall–Kier alpha value is -4.19. The number of benzene rings is 2. The Morgan fingerprint density at radius 2 is 1.82 bits per heavy atom. The number of aryl methyl sites for hydroxylation is 1. The van der Waals surface area contributed by atoms with E-state index < -0.39 is 29.9 Å². The summed E-state index contributed by atoms with van der Waals surface area (Å²) in [7, 11) is 0. The normalized spacial score (nSPS) is 16.0. The minimum absolute atomic E-state index is 0.108. The Morgan fingerprint density at radius 3 is 2.42 bits per heavy atom. The molecule has 9 nitrogen and oxygen atoms in total. The highest BCUT2D eigenvalue weighted by Gasteiger charge is 2.39. The van der Waals surface area contributed by atoms with Gasteiger partial charge in [0.25, 0.3) is 0 Å². The highest BCUT2D eigenvalue weighted by molar-refractivity contribution is 5.99. The highest BCUT2D eigenvalue weighted by atomic mass is 19.4. The van der Waals surface area contributed by atoms with Crippen molar-refractivity contribution in [3.05, 3.63) is 65.9 Å². The molecule has 4 rings (SSSR count). The first-order valence-electron chi connectivity index (χ1n) is 11.6. The van der Waals surface area contributed by atoms with Crippen LogP contribution >= 0.6 is 0 Å². The number of amides is 2. The number of anilines is 1. The number of aliphatic carboxylic acids is 1. The summed E-state index contributed by atoms with van der Waals surface area (Å²) in [4.78, 5) is 39.5. The van der Waals surface area contributed by atoms with Gasteiger partial charge < -0.3 is 14.7 Å². The van der Waals surface area contributed by atoms with Crippen molar-refractivity contribution in [3.8, 4) is 5.75 Å². The lowest BCUT2D eigenvalue weighted by atomic mass is 9.92. The van der Waals surface area contributed by atoms with Gasteiger partial charge in [0.2, 0.25) is 11.8 Å². The first-order valence-corrected chi connectivity index (χ1v) is 11.6. The number of carboxylic acid groups (broad SMARTS) is 1. The monoisotopic (exact) mass is 533 g/mol. The second kappa shape index (κ2) is 11.9. The molecule has 0 unspecified atom stereocenters. The number of alkyl halides is 3. The Kier molecular flexibility index (Phi) is 8.89. The van der Waals surface area contributed by atoms with Gasteiger partial charge in [0.1, 0.15) is 12.4 Å². The third kappa shape index (κ3) is 6.76. The maximum absolute atomic E-state index is 12.7. The third-order valence-electron chi connectivity index (χ3n) is 6.09. The van der Waals surface area contributed by atoms with E-state index in [0.29, 0.717) is 25.3 Å². The molecule has 38 heavy (non-hydrogen) atoms. The molecule has 2 amide bonds. The Balaban J connectivity index is 0.000000505. The fraction of sp³-hybridized carbons (Fsp3) is 0.308. The molecule has 12 heteroatoms. The fourth-order valence-corrected chi connectivity index (χ4v) is 4.10. The van der Waals surface area contributed by atoms with E-state index in [9.17, 15) is 22.8 Å². The van der Waals surface area contributed by atoms with Crippen LogP contribution in [0, 0.1) is 18.8 Å². The van der Waals surface area contributed by atoms with E-state index in [4.69, 9.17) is 19.8 Å². The van der Waals surface area contributed by atoms with Crippen molar-refractivity contribution in [1.82, 2.24) is 10.5 Å². The van der Waals surface area contributed by atoms with Crippen molar-refractivity contribution in [1.29, 1.82) is 0 Å². The van der Waals surface area contributed by atoms with Gasteiger partial charge in [-0.15, -0.1) is 0 Å². The number of hydroxylamine groups is 1. The minimum atomic E-state index is -5.08. The number of carbonyl (C=O) groups excluding carboxylic acids is 2. The maximum atomic E-state index is 12.7. The standard InChI is InChI=1S/C24H25N3O4.C2HF3O2/c1-15-13-17(21-5-3-4-6-22(21)25-15)14-31-19-9-7-18(8-10-19)27-12-11-20(24(27)29)16(2)23(28)26-30;3-2(4,5)1(6)7/h3-10,13,16,20,30H,11-12,14H2,1-2H3,(H,26,28);(H,6,7)/t16-,20-;/m1./s1. The first-order chi connectivity index (χ1) is 17.9. The van der Waals surface area contributed by atoms with Gasteiger partial charge in [0.15, 0.2) is 0 Å². The maximum Gasteiger partial charge on any atom is 0.490 e. The number of rotatable bonds is 6. The van der Waals surface area contributed by atoms with Crippen molar-refractivity contribution in [3.63, 3.8) is 0 Å². The third-order valence-corrected chi connectivity index (χ3v) is 6.09. The summed E-state index contributed by atoms with van der Waals surface area (Å²) >= 11 is 0. The van der Waals surface area contributed by atoms with Gasteiger partial charge in [-0.05, 0) is 49.7 Å². The summed E-state index contributed by atoms with van der Waals surface area (Å²) in [6.07, 6.45) is -4.51. The lowest BCUT2D eigenvalue weighted by Crippen LogP contribution is -2.36. The number of fused-ring (bicyclic) bond motifs is 1. The zero-order valence-corrected chi connectivity index (χ0v) is 20.5. The number of nitrogens with zero attached hydrogens (tertiary/aromatic N) is 2. The largest absolute Gasteiger partial charge is 0.490 e. The van der Waals surface area contributed by atoms with E-state index in [1.165, 1.54) is 0 Å². The molecule has 1 saturated heterocycles. The number of para-hydroxylation sites is 1. The topological polar surface area (TPSA) is 129 Å². The molecule has 1 aromatic heterocycles. The molecule has 0 aliphatic carbocycles.